The van der Waals surface area contributed by atoms with Crippen LogP contribution in [0.1, 0.15) is 20.5 Å². The van der Waals surface area contributed by atoms with E-state index in [2.05, 4.69) is 9.97 Å². The molecule has 27 heavy (non-hydrogen) atoms. The molecule has 1 aromatic carbocycles. The fraction of sp³-hybridized carbons (Fsp3) is 0.250. The number of fused-ring (bicyclic) bond motifs is 2. The Hall–Kier alpha value is -3.19. The zero-order valence-electron chi connectivity index (χ0n) is 17.7. The summed E-state index contributed by atoms with van der Waals surface area (Å²) < 4.78 is 37.6. The van der Waals surface area contributed by atoms with E-state index in [0.29, 0.717) is 49.1 Å². The summed E-state index contributed by atoms with van der Waals surface area (Å²) in [5.41, 5.74) is 2.16. The zero-order chi connectivity index (χ0) is 21.0. The van der Waals surface area contributed by atoms with Gasteiger partial charge in [0.2, 0.25) is 0 Å². The quantitative estimate of drug-likeness (QED) is 0.546. The first-order valence-corrected chi connectivity index (χ1v) is 8.67. The van der Waals surface area contributed by atoms with Gasteiger partial charge in [-0.25, -0.2) is 9.97 Å². The van der Waals surface area contributed by atoms with Gasteiger partial charge in [-0.05, 0) is 35.3 Å². The van der Waals surface area contributed by atoms with Gasteiger partial charge in [-0.15, -0.1) is 0 Å². The van der Waals surface area contributed by atoms with E-state index < -0.39 is 0 Å². The number of morpholine rings is 1. The van der Waals surface area contributed by atoms with Gasteiger partial charge in [0.1, 0.15) is 16.9 Å². The summed E-state index contributed by atoms with van der Waals surface area (Å²) in [4.78, 5) is 23.2. The van der Waals surface area contributed by atoms with Crippen LogP contribution in [0.4, 0.5) is 0 Å². The largest absolute Gasteiger partial charge is 0.441 e. The Morgan fingerprint density at radius 1 is 1.22 bits per heavy atom. The second kappa shape index (κ2) is 6.21. The third-order valence-electron chi connectivity index (χ3n) is 4.59. The van der Waals surface area contributed by atoms with E-state index in [0.717, 1.165) is 0 Å². The lowest BCUT2D eigenvalue weighted by atomic mass is 10.1. The molecule has 0 saturated carbocycles. The Bertz CT molecular complexity index is 1310. The molecule has 0 spiro atoms. The van der Waals surface area contributed by atoms with Gasteiger partial charge in [0.05, 0.1) is 23.5 Å². The minimum Gasteiger partial charge on any atom is -0.441 e. The van der Waals surface area contributed by atoms with Gasteiger partial charge < -0.3 is 14.1 Å². The number of ether oxygens (including phenoxy) is 1. The Morgan fingerprint density at radius 2 is 2.07 bits per heavy atom. The molecular weight excluding hydrogens is 344 g/mol. The summed E-state index contributed by atoms with van der Waals surface area (Å²) in [6.45, 7) is 3.68. The summed E-state index contributed by atoms with van der Waals surface area (Å²) in [6.07, 6.45) is 3.21. The number of nitrogens with zero attached hydrogens (tertiary/aromatic N) is 4. The van der Waals surface area contributed by atoms with E-state index in [-0.39, 0.29) is 40.7 Å². The predicted molar refractivity (Wildman–Crippen MR) is 99.7 cm³/mol. The number of carbonyl (C=O) groups excluding carboxylic acids is 1. The van der Waals surface area contributed by atoms with E-state index in [9.17, 15) is 4.79 Å². The molecular formula is C20H18N4O3. The van der Waals surface area contributed by atoms with Gasteiger partial charge in [0.25, 0.3) is 5.91 Å². The number of amides is 1. The molecule has 1 aliphatic heterocycles. The minimum atomic E-state index is -0.149. The molecule has 136 valence electrons. The molecule has 0 aliphatic carbocycles. The maximum Gasteiger partial charge on any atom is 0.272 e. The van der Waals surface area contributed by atoms with Gasteiger partial charge in [-0.1, -0.05) is 6.04 Å². The number of hydrogen-bond acceptors (Lipinski definition) is 5. The number of imidazole rings is 1. The van der Waals surface area contributed by atoms with E-state index in [1.165, 1.54) is 6.20 Å². The molecule has 5 rings (SSSR count). The van der Waals surface area contributed by atoms with Crippen molar-refractivity contribution >= 4 is 22.7 Å². The van der Waals surface area contributed by atoms with Crippen LogP contribution in [0.15, 0.2) is 47.1 Å². The van der Waals surface area contributed by atoms with E-state index >= 15 is 0 Å². The van der Waals surface area contributed by atoms with Crippen molar-refractivity contribution in [1.82, 2.24) is 19.3 Å². The van der Waals surface area contributed by atoms with Crippen molar-refractivity contribution in [3.05, 3.63) is 54.2 Å². The molecule has 1 aliphatic rings. The fourth-order valence-corrected chi connectivity index (χ4v) is 3.22. The molecule has 1 saturated heterocycles. The molecule has 0 N–H and O–H groups in total. The highest BCUT2D eigenvalue weighted by Crippen LogP contribution is 2.25. The summed E-state index contributed by atoms with van der Waals surface area (Å²) >= 11 is 0. The number of benzene rings is 1. The van der Waals surface area contributed by atoms with Crippen LogP contribution < -0.4 is 0 Å². The molecule has 7 nitrogen and oxygen atoms in total. The summed E-state index contributed by atoms with van der Waals surface area (Å²) in [7, 11) is 0. The Kier molecular flexibility index (Phi) is 3.00. The molecule has 0 radical (unpaired) electrons. The highest BCUT2D eigenvalue weighted by atomic mass is 16.5. The van der Waals surface area contributed by atoms with Crippen LogP contribution in [-0.4, -0.2) is 51.5 Å². The Morgan fingerprint density at radius 3 is 2.93 bits per heavy atom. The number of rotatable bonds is 2. The van der Waals surface area contributed by atoms with Crippen LogP contribution in [0.3, 0.4) is 0 Å². The molecule has 1 amide bonds. The highest BCUT2D eigenvalue weighted by molar-refractivity contribution is 5.93. The van der Waals surface area contributed by atoms with E-state index in [1.807, 2.05) is 0 Å². The van der Waals surface area contributed by atoms with Crippen molar-refractivity contribution in [2.24, 2.45) is 0 Å². The van der Waals surface area contributed by atoms with E-state index in [1.54, 1.807) is 34.6 Å². The first-order chi connectivity index (χ1) is 14.5. The molecule has 7 heteroatoms. The molecule has 0 unspecified atom stereocenters. The molecule has 3 aromatic heterocycles. The van der Waals surface area contributed by atoms with Crippen molar-refractivity contribution in [2.75, 3.05) is 26.3 Å². The maximum absolute atomic E-state index is 13.0. The van der Waals surface area contributed by atoms with Crippen LogP contribution in [-0.2, 0) is 4.74 Å². The summed E-state index contributed by atoms with van der Waals surface area (Å²) in [6, 6.07) is 3.24. The van der Waals surface area contributed by atoms with Crippen molar-refractivity contribution in [2.45, 2.75) is 6.92 Å². The van der Waals surface area contributed by atoms with E-state index in [4.69, 9.17) is 13.3 Å². The minimum absolute atomic E-state index is 0.0170. The lowest BCUT2D eigenvalue weighted by molar-refractivity contribution is 0.0298. The van der Waals surface area contributed by atoms with Crippen LogP contribution in [0.2, 0.25) is 0 Å². The van der Waals surface area contributed by atoms with Crippen LogP contribution in [0.5, 0.6) is 0 Å². The second-order valence-corrected chi connectivity index (χ2v) is 6.35. The van der Waals surface area contributed by atoms with Gasteiger partial charge >= 0.3 is 0 Å². The van der Waals surface area contributed by atoms with Crippen LogP contribution in [0, 0.1) is 6.92 Å². The SMILES string of the molecule is [2H]c1c(-c2ccc3ncc(C(=O)N4CCOCC4)n3c2)c([2H])c2nc(C)oc2c1[2H]. The maximum atomic E-state index is 13.0. The standard InChI is InChI=1S/C20H18N4O3/c1-13-22-16-10-14(2-4-18(16)27-13)15-3-5-19-21-11-17(24(19)12-15)20(25)23-6-8-26-9-7-23/h2-5,10-12H,6-9H2,1H3/i2D,4D,10D. The molecule has 4 heterocycles. The smallest absolute Gasteiger partial charge is 0.272 e. The van der Waals surface area contributed by atoms with Gasteiger partial charge in [0, 0.05) is 26.2 Å². The van der Waals surface area contributed by atoms with Crippen molar-refractivity contribution in [1.29, 1.82) is 0 Å². The van der Waals surface area contributed by atoms with Crippen LogP contribution in [0.25, 0.3) is 27.9 Å². The fourth-order valence-electron chi connectivity index (χ4n) is 3.22. The lowest BCUT2D eigenvalue weighted by Gasteiger charge is -2.26. The summed E-state index contributed by atoms with van der Waals surface area (Å²) in [5, 5.41) is 0. The average molecular weight is 365 g/mol. The topological polar surface area (TPSA) is 72.9 Å². The molecule has 1 fully saturated rings. The first kappa shape index (κ1) is 13.1. The Labute approximate surface area is 159 Å². The Balaban J connectivity index is 1.66. The van der Waals surface area contributed by atoms with Gasteiger partial charge in [-0.2, -0.15) is 0 Å². The molecule has 0 atom stereocenters. The van der Waals surface area contributed by atoms with Gasteiger partial charge in [-0.3, -0.25) is 9.20 Å². The first-order valence-electron chi connectivity index (χ1n) is 10.2. The number of aromatic nitrogens is 3. The molecule has 4 aromatic rings. The highest BCUT2D eigenvalue weighted by Gasteiger charge is 2.21. The average Bonchev–Trinajstić information content (AvgIpc) is 3.36. The van der Waals surface area contributed by atoms with Crippen LogP contribution >= 0.6 is 0 Å². The number of aryl methyl sites for hydroxylation is 1. The molecule has 0 bridgehead atoms. The van der Waals surface area contributed by atoms with Gasteiger partial charge in [0.15, 0.2) is 11.5 Å². The third kappa shape index (κ3) is 2.76. The third-order valence-corrected chi connectivity index (χ3v) is 4.59. The summed E-state index contributed by atoms with van der Waals surface area (Å²) in [5.74, 6) is 0.191. The monoisotopic (exact) mass is 365 g/mol. The lowest BCUT2D eigenvalue weighted by Crippen LogP contribution is -2.41. The number of oxazole rings is 1. The number of hydrogen-bond donors (Lipinski definition) is 0. The number of carbonyl (C=O) groups is 1. The van der Waals surface area contributed by atoms with Crippen molar-refractivity contribution < 1.29 is 18.1 Å². The van der Waals surface area contributed by atoms with Crippen molar-refractivity contribution in [3.8, 4) is 11.1 Å². The zero-order valence-corrected chi connectivity index (χ0v) is 14.7. The normalized spacial score (nSPS) is 16.5. The predicted octanol–water partition coefficient (Wildman–Crippen LogP) is 2.92. The second-order valence-electron chi connectivity index (χ2n) is 6.35. The van der Waals surface area contributed by atoms with Crippen molar-refractivity contribution in [3.63, 3.8) is 0 Å². The number of pyridine rings is 1.